The van der Waals surface area contributed by atoms with E-state index in [-0.39, 0.29) is 16.9 Å². The molecule has 2 heterocycles. The maximum atomic E-state index is 9.39. The third kappa shape index (κ3) is 2.73. The van der Waals surface area contributed by atoms with Gasteiger partial charge < -0.3 is 4.74 Å². The minimum Gasteiger partial charge on any atom is -0.480 e. The molecule has 0 atom stereocenters. The molecule has 0 amide bonds. The quantitative estimate of drug-likeness (QED) is 0.780. The van der Waals surface area contributed by atoms with Crippen LogP contribution in [-0.2, 0) is 4.74 Å². The molecule has 0 saturated heterocycles. The maximum absolute atomic E-state index is 9.39. The van der Waals surface area contributed by atoms with Crippen molar-refractivity contribution >= 4 is 6.08 Å². The lowest BCUT2D eigenvalue weighted by Gasteiger charge is -2.20. The Balaban J connectivity index is 2.56. The highest BCUT2D eigenvalue weighted by atomic mass is 16.5. The Bertz CT molecular complexity index is 793. The van der Waals surface area contributed by atoms with Crippen LogP contribution in [0.4, 0.5) is 0 Å². The molecule has 0 saturated carbocycles. The van der Waals surface area contributed by atoms with E-state index in [1.165, 1.54) is 0 Å². The SMILES string of the molecule is CC1(C)OC(=C(C#N)C#N)C(C#N)=C1/C=C/c1cccnc1. The first-order valence-corrected chi connectivity index (χ1v) is 6.50. The van der Waals surface area contributed by atoms with E-state index in [0.717, 1.165) is 5.56 Å². The molecule has 5 heteroatoms. The fourth-order valence-electron chi connectivity index (χ4n) is 2.14. The lowest BCUT2D eigenvalue weighted by Crippen LogP contribution is -2.20. The first kappa shape index (κ1) is 15.0. The summed E-state index contributed by atoms with van der Waals surface area (Å²) in [5, 5.41) is 27.4. The largest absolute Gasteiger partial charge is 0.480 e. The Hall–Kier alpha value is -3.36. The highest BCUT2D eigenvalue weighted by Crippen LogP contribution is 2.40. The minimum atomic E-state index is -0.794. The number of ether oxygens (including phenoxy) is 1. The summed E-state index contributed by atoms with van der Waals surface area (Å²) in [5.41, 5.74) is 0.716. The van der Waals surface area contributed by atoms with Gasteiger partial charge in [-0.25, -0.2) is 0 Å². The molecule has 0 N–H and O–H groups in total. The van der Waals surface area contributed by atoms with Crippen molar-refractivity contribution < 1.29 is 4.74 Å². The number of nitriles is 3. The van der Waals surface area contributed by atoms with E-state index in [1.54, 1.807) is 44.5 Å². The first-order valence-electron chi connectivity index (χ1n) is 6.50. The summed E-state index contributed by atoms with van der Waals surface area (Å²) < 4.78 is 5.67. The molecule has 5 nitrogen and oxygen atoms in total. The maximum Gasteiger partial charge on any atom is 0.172 e. The van der Waals surface area contributed by atoms with Gasteiger partial charge in [0, 0.05) is 18.0 Å². The van der Waals surface area contributed by atoms with Crippen molar-refractivity contribution in [2.24, 2.45) is 0 Å². The van der Waals surface area contributed by atoms with Crippen molar-refractivity contribution in [3.63, 3.8) is 0 Å². The number of hydrogen-bond donors (Lipinski definition) is 0. The number of hydrogen-bond acceptors (Lipinski definition) is 5. The Kier molecular flexibility index (Phi) is 4.07. The van der Waals surface area contributed by atoms with Crippen molar-refractivity contribution in [3.8, 4) is 18.2 Å². The predicted octanol–water partition coefficient (Wildman–Crippen LogP) is 3.03. The van der Waals surface area contributed by atoms with Crippen molar-refractivity contribution in [1.29, 1.82) is 15.8 Å². The molecule has 0 spiro atoms. The third-order valence-electron chi connectivity index (χ3n) is 3.19. The zero-order valence-electron chi connectivity index (χ0n) is 12.2. The van der Waals surface area contributed by atoms with Crippen LogP contribution in [0.5, 0.6) is 0 Å². The smallest absolute Gasteiger partial charge is 0.172 e. The van der Waals surface area contributed by atoms with Crippen LogP contribution in [0.2, 0.25) is 0 Å². The zero-order chi connectivity index (χ0) is 16.2. The van der Waals surface area contributed by atoms with E-state index in [1.807, 2.05) is 24.3 Å². The summed E-state index contributed by atoms with van der Waals surface area (Å²) in [4.78, 5) is 4.02. The van der Waals surface area contributed by atoms with Crippen LogP contribution in [0.1, 0.15) is 19.4 Å². The monoisotopic (exact) mass is 288 g/mol. The molecule has 22 heavy (non-hydrogen) atoms. The van der Waals surface area contributed by atoms with Crippen molar-refractivity contribution in [3.05, 3.63) is 58.6 Å². The fraction of sp³-hybridized carbons (Fsp3) is 0.176. The van der Waals surface area contributed by atoms with Gasteiger partial charge in [0.2, 0.25) is 0 Å². The van der Waals surface area contributed by atoms with Gasteiger partial charge in [-0.15, -0.1) is 0 Å². The van der Waals surface area contributed by atoms with E-state index in [9.17, 15) is 5.26 Å². The van der Waals surface area contributed by atoms with E-state index in [4.69, 9.17) is 15.3 Å². The van der Waals surface area contributed by atoms with Crippen LogP contribution in [0.15, 0.2) is 53.1 Å². The van der Waals surface area contributed by atoms with Crippen molar-refractivity contribution in [2.75, 3.05) is 0 Å². The Morgan fingerprint density at radius 3 is 2.50 bits per heavy atom. The second-order valence-electron chi connectivity index (χ2n) is 5.06. The van der Waals surface area contributed by atoms with E-state index >= 15 is 0 Å². The Morgan fingerprint density at radius 1 is 1.23 bits per heavy atom. The standard InChI is InChI=1S/C17H12N4O/c1-17(2)15(6-5-12-4-3-7-21-11-12)14(10-20)16(22-17)13(8-18)9-19/h3-7,11H,1-2H3/b6-5+. The minimum absolute atomic E-state index is 0.0448. The summed E-state index contributed by atoms with van der Waals surface area (Å²) >= 11 is 0. The summed E-state index contributed by atoms with van der Waals surface area (Å²) in [6, 6.07) is 9.25. The molecule has 2 rings (SSSR count). The molecular weight excluding hydrogens is 276 g/mol. The molecule has 1 aliphatic rings. The molecule has 0 bridgehead atoms. The second-order valence-corrected chi connectivity index (χ2v) is 5.06. The third-order valence-corrected chi connectivity index (χ3v) is 3.19. The lowest BCUT2D eigenvalue weighted by molar-refractivity contribution is 0.0954. The first-order chi connectivity index (χ1) is 10.5. The summed E-state index contributed by atoms with van der Waals surface area (Å²) in [5.74, 6) is 0.0448. The van der Waals surface area contributed by atoms with E-state index in [0.29, 0.717) is 5.57 Å². The van der Waals surface area contributed by atoms with Crippen molar-refractivity contribution in [1.82, 2.24) is 4.98 Å². The van der Waals surface area contributed by atoms with Gasteiger partial charge in [-0.05, 0) is 25.5 Å². The lowest BCUT2D eigenvalue weighted by atomic mass is 9.94. The normalized spacial score (nSPS) is 15.9. The number of nitrogens with zero attached hydrogens (tertiary/aromatic N) is 4. The molecular formula is C17H12N4O. The highest BCUT2D eigenvalue weighted by molar-refractivity contribution is 5.63. The summed E-state index contributed by atoms with van der Waals surface area (Å²) in [7, 11) is 0. The van der Waals surface area contributed by atoms with Gasteiger partial charge in [-0.1, -0.05) is 18.2 Å². The number of aromatic nitrogens is 1. The fourth-order valence-corrected chi connectivity index (χ4v) is 2.14. The van der Waals surface area contributed by atoms with Gasteiger partial charge in [0.25, 0.3) is 0 Å². The van der Waals surface area contributed by atoms with Crippen molar-refractivity contribution in [2.45, 2.75) is 19.4 Å². The van der Waals surface area contributed by atoms with Crippen LogP contribution in [0, 0.1) is 34.0 Å². The predicted molar refractivity (Wildman–Crippen MR) is 79.3 cm³/mol. The van der Waals surface area contributed by atoms with Gasteiger partial charge in [0.15, 0.2) is 11.3 Å². The Labute approximate surface area is 128 Å². The van der Waals surface area contributed by atoms with Crippen LogP contribution < -0.4 is 0 Å². The summed E-state index contributed by atoms with van der Waals surface area (Å²) in [6.45, 7) is 3.57. The average molecular weight is 288 g/mol. The number of pyridine rings is 1. The average Bonchev–Trinajstić information content (AvgIpc) is 2.77. The molecule has 0 aromatic carbocycles. The van der Waals surface area contributed by atoms with Crippen LogP contribution >= 0.6 is 0 Å². The van der Waals surface area contributed by atoms with Gasteiger partial charge in [0.05, 0.1) is 0 Å². The highest BCUT2D eigenvalue weighted by Gasteiger charge is 2.38. The van der Waals surface area contributed by atoms with Crippen LogP contribution in [0.3, 0.4) is 0 Å². The van der Waals surface area contributed by atoms with Gasteiger partial charge in [0.1, 0.15) is 29.4 Å². The second kappa shape index (κ2) is 5.95. The molecule has 0 radical (unpaired) electrons. The molecule has 106 valence electrons. The van der Waals surface area contributed by atoms with E-state index < -0.39 is 5.60 Å². The topological polar surface area (TPSA) is 93.5 Å². The number of rotatable bonds is 2. The van der Waals surface area contributed by atoms with Gasteiger partial charge >= 0.3 is 0 Å². The van der Waals surface area contributed by atoms with E-state index in [2.05, 4.69) is 4.98 Å². The van der Waals surface area contributed by atoms with Gasteiger partial charge in [-0.2, -0.15) is 15.8 Å². The molecule has 0 fully saturated rings. The van der Waals surface area contributed by atoms with Crippen LogP contribution in [-0.4, -0.2) is 10.6 Å². The zero-order valence-corrected chi connectivity index (χ0v) is 12.2. The molecule has 0 aliphatic carbocycles. The number of allylic oxidation sites excluding steroid dienone is 2. The van der Waals surface area contributed by atoms with Crippen LogP contribution in [0.25, 0.3) is 6.08 Å². The molecule has 1 aromatic rings. The Morgan fingerprint density at radius 2 is 1.95 bits per heavy atom. The molecule has 1 aromatic heterocycles. The molecule has 0 unspecified atom stereocenters. The summed E-state index contributed by atoms with van der Waals surface area (Å²) in [6.07, 6.45) is 6.94. The molecule has 1 aliphatic heterocycles. The van der Waals surface area contributed by atoms with Gasteiger partial charge in [-0.3, -0.25) is 4.98 Å².